The first-order valence-corrected chi connectivity index (χ1v) is 6.72. The molecule has 2 aromatic heterocycles. The van der Waals surface area contributed by atoms with Crippen molar-refractivity contribution in [2.24, 2.45) is 0 Å². The number of rotatable bonds is 5. The third-order valence-corrected chi connectivity index (χ3v) is 3.52. The van der Waals surface area contributed by atoms with Crippen molar-refractivity contribution in [1.82, 2.24) is 15.1 Å². The van der Waals surface area contributed by atoms with Gasteiger partial charge in [0.25, 0.3) is 0 Å². The van der Waals surface area contributed by atoms with Gasteiger partial charge in [-0.25, -0.2) is 0 Å². The highest BCUT2D eigenvalue weighted by Crippen LogP contribution is 2.21. The maximum Gasteiger partial charge on any atom is 0.167 e. The van der Waals surface area contributed by atoms with E-state index in [1.807, 2.05) is 45.0 Å². The fraction of sp³-hybridized carbons (Fsp3) is 0.400. The normalized spacial score (nSPS) is 12.2. The lowest BCUT2D eigenvalue weighted by atomic mass is 10.1. The van der Waals surface area contributed by atoms with Gasteiger partial charge in [0.15, 0.2) is 5.82 Å². The van der Waals surface area contributed by atoms with Crippen LogP contribution in [0.1, 0.15) is 28.6 Å². The van der Waals surface area contributed by atoms with Gasteiger partial charge in [0.1, 0.15) is 17.4 Å². The van der Waals surface area contributed by atoms with E-state index in [1.165, 1.54) is 0 Å². The molecule has 0 aromatic carbocycles. The van der Waals surface area contributed by atoms with Gasteiger partial charge in [0.2, 0.25) is 0 Å². The van der Waals surface area contributed by atoms with Crippen LogP contribution in [0.4, 0.5) is 5.82 Å². The summed E-state index contributed by atoms with van der Waals surface area (Å²) < 4.78 is 5.46. The van der Waals surface area contributed by atoms with E-state index >= 15 is 0 Å². The molecule has 0 amide bonds. The number of anilines is 1. The number of furan rings is 1. The van der Waals surface area contributed by atoms with Gasteiger partial charge in [-0.05, 0) is 45.6 Å². The molecule has 0 bridgehead atoms. The van der Waals surface area contributed by atoms with E-state index in [9.17, 15) is 5.26 Å². The van der Waals surface area contributed by atoms with Gasteiger partial charge in [-0.2, -0.15) is 10.4 Å². The third-order valence-electron chi connectivity index (χ3n) is 3.52. The summed E-state index contributed by atoms with van der Waals surface area (Å²) in [6.45, 7) is 4.30. The van der Waals surface area contributed by atoms with Crippen LogP contribution in [0.25, 0.3) is 0 Å². The standard InChI is InChI=1S/C15H19N5O/c1-10-11(2)18-19-15(12(10)8-16)17-9-13(20(3)4)14-6-5-7-21-14/h5-7,13H,9H2,1-4H3,(H,17,19)/t13-/m1/s1. The van der Waals surface area contributed by atoms with E-state index in [-0.39, 0.29) is 6.04 Å². The smallest absolute Gasteiger partial charge is 0.167 e. The molecule has 0 saturated carbocycles. The molecule has 1 N–H and O–H groups in total. The Hall–Kier alpha value is -2.39. The van der Waals surface area contributed by atoms with Gasteiger partial charge in [-0.1, -0.05) is 0 Å². The number of nitrogens with one attached hydrogen (secondary N) is 1. The molecule has 2 rings (SSSR count). The Bertz CT molecular complexity index is 643. The SMILES string of the molecule is Cc1nnc(NC[C@H](c2ccco2)N(C)C)c(C#N)c1C. The molecule has 0 aliphatic heterocycles. The van der Waals surface area contributed by atoms with Crippen LogP contribution in [0.5, 0.6) is 0 Å². The molecule has 0 aliphatic rings. The molecule has 0 saturated heterocycles. The lowest BCUT2D eigenvalue weighted by molar-refractivity contribution is 0.269. The van der Waals surface area contributed by atoms with Gasteiger partial charge in [-0.3, -0.25) is 4.90 Å². The second-order valence-corrected chi connectivity index (χ2v) is 5.12. The average Bonchev–Trinajstić information content (AvgIpc) is 2.96. The quantitative estimate of drug-likeness (QED) is 0.908. The predicted molar refractivity (Wildman–Crippen MR) is 79.8 cm³/mol. The summed E-state index contributed by atoms with van der Waals surface area (Å²) in [5.41, 5.74) is 2.17. The Morgan fingerprint density at radius 3 is 2.71 bits per heavy atom. The minimum Gasteiger partial charge on any atom is -0.468 e. The lowest BCUT2D eigenvalue weighted by Gasteiger charge is -2.23. The zero-order valence-corrected chi connectivity index (χ0v) is 12.7. The highest BCUT2D eigenvalue weighted by molar-refractivity contribution is 5.55. The second kappa shape index (κ2) is 6.37. The van der Waals surface area contributed by atoms with Crippen molar-refractivity contribution in [3.63, 3.8) is 0 Å². The average molecular weight is 285 g/mol. The van der Waals surface area contributed by atoms with E-state index in [0.29, 0.717) is 17.9 Å². The molecule has 0 unspecified atom stereocenters. The number of hydrogen-bond donors (Lipinski definition) is 1. The summed E-state index contributed by atoms with van der Waals surface area (Å²) in [5.74, 6) is 1.38. The maximum absolute atomic E-state index is 9.30. The van der Waals surface area contributed by atoms with Crippen LogP contribution in [-0.2, 0) is 0 Å². The van der Waals surface area contributed by atoms with Crippen molar-refractivity contribution in [3.8, 4) is 6.07 Å². The summed E-state index contributed by atoms with van der Waals surface area (Å²) in [4.78, 5) is 2.05. The number of nitriles is 1. The molecule has 0 aliphatic carbocycles. The minimum atomic E-state index is 0.0509. The Labute approximate surface area is 124 Å². The minimum absolute atomic E-state index is 0.0509. The highest BCUT2D eigenvalue weighted by atomic mass is 16.3. The number of nitrogens with zero attached hydrogens (tertiary/aromatic N) is 4. The van der Waals surface area contributed by atoms with Crippen molar-refractivity contribution < 1.29 is 4.42 Å². The van der Waals surface area contributed by atoms with Gasteiger partial charge in [0, 0.05) is 6.54 Å². The maximum atomic E-state index is 9.30. The Kier molecular flexibility index (Phi) is 4.55. The van der Waals surface area contributed by atoms with E-state index < -0.39 is 0 Å². The summed E-state index contributed by atoms with van der Waals surface area (Å²) in [7, 11) is 3.96. The molecule has 1 atom stereocenters. The largest absolute Gasteiger partial charge is 0.468 e. The molecule has 2 heterocycles. The fourth-order valence-corrected chi connectivity index (χ4v) is 2.08. The van der Waals surface area contributed by atoms with Crippen LogP contribution in [0.15, 0.2) is 22.8 Å². The Morgan fingerprint density at radius 2 is 2.14 bits per heavy atom. The third kappa shape index (κ3) is 3.20. The van der Waals surface area contributed by atoms with Crippen LogP contribution in [-0.4, -0.2) is 35.7 Å². The number of aromatic nitrogens is 2. The summed E-state index contributed by atoms with van der Waals surface area (Å²) in [6.07, 6.45) is 1.66. The second-order valence-electron chi connectivity index (χ2n) is 5.12. The number of likely N-dealkylation sites (N-methyl/N-ethyl adjacent to an activating group) is 1. The van der Waals surface area contributed by atoms with Crippen molar-refractivity contribution in [2.75, 3.05) is 26.0 Å². The predicted octanol–water partition coefficient (Wildman–Crippen LogP) is 2.27. The Balaban J connectivity index is 2.19. The van der Waals surface area contributed by atoms with Crippen LogP contribution in [0.3, 0.4) is 0 Å². The molecule has 0 radical (unpaired) electrons. The molecule has 110 valence electrons. The zero-order valence-electron chi connectivity index (χ0n) is 12.7. The van der Waals surface area contributed by atoms with Crippen molar-refractivity contribution in [3.05, 3.63) is 41.0 Å². The summed E-state index contributed by atoms with van der Waals surface area (Å²) in [6, 6.07) is 6.04. The van der Waals surface area contributed by atoms with Crippen molar-refractivity contribution in [1.29, 1.82) is 5.26 Å². The topological polar surface area (TPSA) is 78.0 Å². The molecule has 0 fully saturated rings. The van der Waals surface area contributed by atoms with Crippen LogP contribution >= 0.6 is 0 Å². The van der Waals surface area contributed by atoms with Crippen LogP contribution in [0.2, 0.25) is 0 Å². The van der Waals surface area contributed by atoms with E-state index in [1.54, 1.807) is 6.26 Å². The molecule has 6 heteroatoms. The molecule has 2 aromatic rings. The summed E-state index contributed by atoms with van der Waals surface area (Å²) in [5, 5.41) is 20.7. The van der Waals surface area contributed by atoms with E-state index in [2.05, 4.69) is 21.6 Å². The molecular weight excluding hydrogens is 266 g/mol. The van der Waals surface area contributed by atoms with Crippen molar-refractivity contribution >= 4 is 5.82 Å². The van der Waals surface area contributed by atoms with E-state index in [4.69, 9.17) is 4.42 Å². The number of aryl methyl sites for hydroxylation is 1. The molecular formula is C15H19N5O. The zero-order chi connectivity index (χ0) is 15.4. The first-order valence-electron chi connectivity index (χ1n) is 6.72. The first-order chi connectivity index (χ1) is 10.0. The van der Waals surface area contributed by atoms with Crippen LogP contribution in [0, 0.1) is 25.2 Å². The van der Waals surface area contributed by atoms with Gasteiger partial charge in [0.05, 0.1) is 18.0 Å². The van der Waals surface area contributed by atoms with Gasteiger partial charge >= 0.3 is 0 Å². The Morgan fingerprint density at radius 1 is 1.38 bits per heavy atom. The fourth-order valence-electron chi connectivity index (χ4n) is 2.08. The lowest BCUT2D eigenvalue weighted by Crippen LogP contribution is -2.27. The van der Waals surface area contributed by atoms with Gasteiger partial charge < -0.3 is 9.73 Å². The monoisotopic (exact) mass is 285 g/mol. The highest BCUT2D eigenvalue weighted by Gasteiger charge is 2.18. The number of hydrogen-bond acceptors (Lipinski definition) is 6. The first kappa shape index (κ1) is 15.0. The molecule has 21 heavy (non-hydrogen) atoms. The summed E-state index contributed by atoms with van der Waals surface area (Å²) >= 11 is 0. The van der Waals surface area contributed by atoms with Crippen molar-refractivity contribution in [2.45, 2.75) is 19.9 Å². The van der Waals surface area contributed by atoms with E-state index in [0.717, 1.165) is 17.0 Å². The van der Waals surface area contributed by atoms with Gasteiger partial charge in [-0.15, -0.1) is 5.10 Å². The molecule has 0 spiro atoms. The molecule has 6 nitrogen and oxygen atoms in total. The van der Waals surface area contributed by atoms with Crippen LogP contribution < -0.4 is 5.32 Å².